The number of halogens is 1. The van der Waals surface area contributed by atoms with E-state index in [9.17, 15) is 0 Å². The summed E-state index contributed by atoms with van der Waals surface area (Å²) in [4.78, 5) is 9.42. The van der Waals surface area contributed by atoms with Gasteiger partial charge >= 0.3 is 0 Å². The Balaban J connectivity index is 0.00000272. The number of guanidine groups is 1. The molecule has 2 aromatic heterocycles. The van der Waals surface area contributed by atoms with E-state index < -0.39 is 0 Å². The van der Waals surface area contributed by atoms with Crippen LogP contribution in [0.4, 0.5) is 0 Å². The monoisotopic (exact) mass is 535 g/mol. The molecule has 0 aliphatic carbocycles. The number of hydrogen-bond acceptors (Lipinski definition) is 5. The first-order valence-corrected chi connectivity index (χ1v) is 10.5. The Bertz CT molecular complexity index is 1010. The van der Waals surface area contributed by atoms with Crippen molar-refractivity contribution >= 4 is 29.9 Å². The third-order valence-corrected chi connectivity index (χ3v) is 5.42. The van der Waals surface area contributed by atoms with Crippen LogP contribution in [0.1, 0.15) is 42.2 Å². The van der Waals surface area contributed by atoms with Gasteiger partial charge in [-0.05, 0) is 18.9 Å². The molecule has 1 unspecified atom stereocenters. The molecule has 0 fully saturated rings. The van der Waals surface area contributed by atoms with Crippen LogP contribution in [-0.4, -0.2) is 41.5 Å². The highest BCUT2D eigenvalue weighted by molar-refractivity contribution is 14.0. The molecule has 0 amide bonds. The van der Waals surface area contributed by atoms with Crippen molar-refractivity contribution in [1.29, 1.82) is 0 Å². The SMILES string of the molecule is CCc1nc2n(n1)CC(NC(=NCc1ccccc1)NCc1nnc(C)n1C)CC2.I. The number of aliphatic imine (C=N–C) groups is 1. The number of rotatable bonds is 6. The minimum absolute atomic E-state index is 0. The van der Waals surface area contributed by atoms with Crippen LogP contribution in [0, 0.1) is 6.92 Å². The van der Waals surface area contributed by atoms with Crippen LogP contribution in [0.3, 0.4) is 0 Å². The standard InChI is InChI=1S/C21H29N9.HI/c1-4-18-25-19-11-10-17(14-30(19)28-18)24-21(22-12-16-8-6-5-7-9-16)23-13-20-27-26-15(2)29(20)3;/h5-9,17H,4,10-14H2,1-3H3,(H2,22,23,24);1H. The zero-order valence-electron chi connectivity index (χ0n) is 18.2. The minimum Gasteiger partial charge on any atom is -0.352 e. The summed E-state index contributed by atoms with van der Waals surface area (Å²) in [6.45, 7) is 5.98. The number of aryl methyl sites for hydroxylation is 3. The second-order valence-corrected chi connectivity index (χ2v) is 7.59. The Morgan fingerprint density at radius 1 is 1.23 bits per heavy atom. The van der Waals surface area contributed by atoms with E-state index in [1.807, 2.05) is 41.4 Å². The summed E-state index contributed by atoms with van der Waals surface area (Å²) >= 11 is 0. The van der Waals surface area contributed by atoms with Gasteiger partial charge in [-0.1, -0.05) is 37.3 Å². The van der Waals surface area contributed by atoms with Crippen molar-refractivity contribution in [2.45, 2.75) is 58.8 Å². The summed E-state index contributed by atoms with van der Waals surface area (Å²) in [7, 11) is 1.97. The molecule has 1 aliphatic rings. The zero-order valence-corrected chi connectivity index (χ0v) is 20.6. The van der Waals surface area contributed by atoms with Crippen molar-refractivity contribution in [2.75, 3.05) is 0 Å². The van der Waals surface area contributed by atoms with Crippen LogP contribution in [0.5, 0.6) is 0 Å². The summed E-state index contributed by atoms with van der Waals surface area (Å²) < 4.78 is 4.01. The fourth-order valence-corrected chi connectivity index (χ4v) is 3.50. The Morgan fingerprint density at radius 2 is 2.03 bits per heavy atom. The quantitative estimate of drug-likeness (QED) is 0.285. The van der Waals surface area contributed by atoms with Gasteiger partial charge in [0, 0.05) is 25.9 Å². The van der Waals surface area contributed by atoms with Crippen molar-refractivity contribution in [3.8, 4) is 0 Å². The molecular weight excluding hydrogens is 505 g/mol. The molecule has 2 N–H and O–H groups in total. The molecule has 3 heterocycles. The van der Waals surface area contributed by atoms with E-state index in [2.05, 4.69) is 50.0 Å². The Kier molecular flexibility index (Phi) is 7.99. The molecule has 0 radical (unpaired) electrons. The fraction of sp³-hybridized carbons (Fsp3) is 0.476. The molecule has 3 aromatic rings. The number of fused-ring (bicyclic) bond motifs is 1. The normalized spacial score (nSPS) is 15.8. The number of benzene rings is 1. The summed E-state index contributed by atoms with van der Waals surface area (Å²) in [5, 5.41) is 20.0. The van der Waals surface area contributed by atoms with Gasteiger partial charge in [0.1, 0.15) is 11.6 Å². The molecule has 31 heavy (non-hydrogen) atoms. The summed E-state index contributed by atoms with van der Waals surface area (Å²) in [5.74, 6) is 4.52. The summed E-state index contributed by atoms with van der Waals surface area (Å²) in [6.07, 6.45) is 2.77. The van der Waals surface area contributed by atoms with E-state index in [0.29, 0.717) is 13.1 Å². The highest BCUT2D eigenvalue weighted by Crippen LogP contribution is 2.13. The Labute approximate surface area is 199 Å². The fourth-order valence-electron chi connectivity index (χ4n) is 3.50. The topological polar surface area (TPSA) is 97.8 Å². The maximum absolute atomic E-state index is 4.81. The van der Waals surface area contributed by atoms with Crippen LogP contribution >= 0.6 is 24.0 Å². The second kappa shape index (κ2) is 10.7. The van der Waals surface area contributed by atoms with Crippen molar-refractivity contribution < 1.29 is 0 Å². The largest absolute Gasteiger partial charge is 0.352 e. The van der Waals surface area contributed by atoms with Gasteiger partial charge in [-0.25, -0.2) is 14.7 Å². The van der Waals surface area contributed by atoms with Crippen LogP contribution in [0.25, 0.3) is 0 Å². The lowest BCUT2D eigenvalue weighted by molar-refractivity contribution is 0.391. The van der Waals surface area contributed by atoms with Crippen LogP contribution in [-0.2, 0) is 39.5 Å². The lowest BCUT2D eigenvalue weighted by Crippen LogP contribution is -2.47. The van der Waals surface area contributed by atoms with Crippen LogP contribution in [0.15, 0.2) is 35.3 Å². The van der Waals surface area contributed by atoms with Crippen LogP contribution < -0.4 is 10.6 Å². The van der Waals surface area contributed by atoms with Gasteiger partial charge in [-0.15, -0.1) is 34.2 Å². The van der Waals surface area contributed by atoms with Gasteiger partial charge in [0.25, 0.3) is 0 Å². The molecule has 10 heteroatoms. The Hall–Kier alpha value is -2.50. The van der Waals surface area contributed by atoms with E-state index in [1.54, 1.807) is 0 Å². The molecule has 0 spiro atoms. The molecule has 0 saturated carbocycles. The maximum Gasteiger partial charge on any atom is 0.192 e. The first kappa shape index (κ1) is 23.2. The molecule has 1 atom stereocenters. The van der Waals surface area contributed by atoms with E-state index in [4.69, 9.17) is 4.99 Å². The summed E-state index contributed by atoms with van der Waals surface area (Å²) in [6, 6.07) is 10.5. The average molecular weight is 535 g/mol. The third-order valence-electron chi connectivity index (χ3n) is 5.42. The van der Waals surface area contributed by atoms with Gasteiger partial charge in [0.15, 0.2) is 17.6 Å². The van der Waals surface area contributed by atoms with E-state index in [1.165, 1.54) is 5.56 Å². The lowest BCUT2D eigenvalue weighted by Gasteiger charge is -2.25. The van der Waals surface area contributed by atoms with Gasteiger partial charge in [-0.3, -0.25) is 0 Å². The number of nitrogens with zero attached hydrogens (tertiary/aromatic N) is 7. The van der Waals surface area contributed by atoms with Crippen molar-refractivity contribution in [1.82, 2.24) is 40.2 Å². The van der Waals surface area contributed by atoms with E-state index in [0.717, 1.165) is 55.1 Å². The molecule has 1 aromatic carbocycles. The molecule has 4 rings (SSSR count). The Morgan fingerprint density at radius 3 is 2.74 bits per heavy atom. The smallest absolute Gasteiger partial charge is 0.192 e. The van der Waals surface area contributed by atoms with Crippen molar-refractivity contribution in [3.05, 3.63) is 59.2 Å². The second-order valence-electron chi connectivity index (χ2n) is 7.59. The number of aromatic nitrogens is 6. The molecular formula is C21H30IN9. The molecule has 0 saturated heterocycles. The van der Waals surface area contributed by atoms with E-state index >= 15 is 0 Å². The van der Waals surface area contributed by atoms with E-state index in [-0.39, 0.29) is 30.0 Å². The number of nitrogens with one attached hydrogen (secondary N) is 2. The first-order chi connectivity index (χ1) is 14.6. The third kappa shape index (κ3) is 5.81. The zero-order chi connectivity index (χ0) is 20.9. The number of hydrogen-bond donors (Lipinski definition) is 2. The average Bonchev–Trinajstić information content (AvgIpc) is 3.33. The highest BCUT2D eigenvalue weighted by Gasteiger charge is 2.22. The van der Waals surface area contributed by atoms with Crippen molar-refractivity contribution in [3.63, 3.8) is 0 Å². The predicted octanol–water partition coefficient (Wildman–Crippen LogP) is 2.15. The van der Waals surface area contributed by atoms with Gasteiger partial charge in [0.05, 0.1) is 19.6 Å². The minimum atomic E-state index is 0. The molecule has 0 bridgehead atoms. The highest BCUT2D eigenvalue weighted by atomic mass is 127. The first-order valence-electron chi connectivity index (χ1n) is 10.5. The van der Waals surface area contributed by atoms with Crippen molar-refractivity contribution in [2.24, 2.45) is 12.0 Å². The van der Waals surface area contributed by atoms with Crippen LogP contribution in [0.2, 0.25) is 0 Å². The van der Waals surface area contributed by atoms with Gasteiger partial charge < -0.3 is 15.2 Å². The lowest BCUT2D eigenvalue weighted by atomic mass is 10.1. The summed E-state index contributed by atoms with van der Waals surface area (Å²) in [5.41, 5.74) is 1.17. The maximum atomic E-state index is 4.81. The molecule has 166 valence electrons. The predicted molar refractivity (Wildman–Crippen MR) is 130 cm³/mol. The molecule has 9 nitrogen and oxygen atoms in total. The van der Waals surface area contributed by atoms with Gasteiger partial charge in [0.2, 0.25) is 0 Å². The molecule has 1 aliphatic heterocycles. The van der Waals surface area contributed by atoms with Gasteiger partial charge in [-0.2, -0.15) is 5.10 Å².